The van der Waals surface area contributed by atoms with Gasteiger partial charge in [-0.2, -0.15) is 0 Å². The number of anilines is 1. The molecule has 1 aliphatic rings. The summed E-state index contributed by atoms with van der Waals surface area (Å²) in [7, 11) is 1.44. The zero-order chi connectivity index (χ0) is 29.6. The molecule has 1 fully saturated rings. The minimum Gasteiger partial charge on any atom is -0.493 e. The molecule has 1 aliphatic heterocycles. The van der Waals surface area contributed by atoms with Crippen molar-refractivity contribution in [3.05, 3.63) is 124 Å². The summed E-state index contributed by atoms with van der Waals surface area (Å²) in [6, 6.07) is 27.1. The van der Waals surface area contributed by atoms with E-state index in [9.17, 15) is 19.7 Å². The minimum absolute atomic E-state index is 0.0461. The van der Waals surface area contributed by atoms with Gasteiger partial charge in [-0.15, -0.1) is 0 Å². The first-order valence-electron chi connectivity index (χ1n) is 12.6. The van der Waals surface area contributed by atoms with E-state index in [0.29, 0.717) is 39.8 Å². The Kier molecular flexibility index (Phi) is 8.21. The van der Waals surface area contributed by atoms with Gasteiger partial charge < -0.3 is 14.2 Å². The number of para-hydroxylation sites is 2. The monoisotopic (exact) mass is 581 g/mol. The number of nitrogens with one attached hydrogen (secondary N) is 1. The molecule has 5 rings (SSSR count). The number of amides is 2. The maximum atomic E-state index is 13.5. The number of benzene rings is 4. The molecule has 0 atom stereocenters. The number of nitro benzene ring substituents is 1. The molecule has 4 aromatic rings. The molecule has 4 aromatic carbocycles. The van der Waals surface area contributed by atoms with Crippen molar-refractivity contribution in [3.8, 4) is 23.0 Å². The molecule has 42 heavy (non-hydrogen) atoms. The van der Waals surface area contributed by atoms with Crippen LogP contribution in [0.3, 0.4) is 0 Å². The van der Waals surface area contributed by atoms with Gasteiger partial charge >= 0.3 is 0 Å². The van der Waals surface area contributed by atoms with E-state index in [2.05, 4.69) is 5.32 Å². The highest BCUT2D eigenvalue weighted by molar-refractivity contribution is 7.80. The first-order chi connectivity index (χ1) is 20.3. The Hall–Kier alpha value is -5.55. The molecular weight excluding hydrogens is 558 g/mol. The Labute approximate surface area is 245 Å². The Morgan fingerprint density at radius 3 is 2.31 bits per heavy atom. The molecule has 0 spiro atoms. The second kappa shape index (κ2) is 12.3. The zero-order valence-corrected chi connectivity index (χ0v) is 23.0. The van der Waals surface area contributed by atoms with Gasteiger partial charge in [-0.3, -0.25) is 29.9 Å². The second-order valence-electron chi connectivity index (χ2n) is 8.95. The molecule has 1 saturated heterocycles. The van der Waals surface area contributed by atoms with Gasteiger partial charge in [-0.1, -0.05) is 36.4 Å². The Balaban J connectivity index is 1.35. The van der Waals surface area contributed by atoms with Crippen LogP contribution in [0.4, 0.5) is 11.4 Å². The largest absolute Gasteiger partial charge is 0.493 e. The summed E-state index contributed by atoms with van der Waals surface area (Å²) in [4.78, 5) is 38.3. The summed E-state index contributed by atoms with van der Waals surface area (Å²) >= 11 is 5.31. The maximum absolute atomic E-state index is 13.5. The number of hydrogen-bond donors (Lipinski definition) is 1. The van der Waals surface area contributed by atoms with Crippen molar-refractivity contribution in [2.45, 2.75) is 6.61 Å². The molecule has 0 bridgehead atoms. The number of methoxy groups -OCH3 is 1. The molecule has 0 radical (unpaired) electrons. The standard InChI is InChI=1S/C31H23N3O7S/c1-39-28-18-20(11-16-27(28)40-19-21-7-5-6-10-26(21)34(37)38)17-25-29(35)32-31(42)33(30(25)36)22-12-14-24(15-13-22)41-23-8-3-2-4-9-23/h2-18H,19H2,1H3,(H,32,35,42)/b25-17+. The second-order valence-corrected chi connectivity index (χ2v) is 9.34. The third-order valence-corrected chi connectivity index (χ3v) is 6.53. The van der Waals surface area contributed by atoms with Crippen LogP contribution >= 0.6 is 12.2 Å². The summed E-state index contributed by atoms with van der Waals surface area (Å²) in [5.74, 6) is 0.639. The van der Waals surface area contributed by atoms with Gasteiger partial charge in [-0.25, -0.2) is 0 Å². The summed E-state index contributed by atoms with van der Waals surface area (Å²) in [5, 5.41) is 13.8. The molecule has 1 N–H and O–H groups in total. The fourth-order valence-electron chi connectivity index (χ4n) is 4.21. The van der Waals surface area contributed by atoms with Crippen molar-refractivity contribution in [3.63, 3.8) is 0 Å². The highest BCUT2D eigenvalue weighted by Crippen LogP contribution is 2.32. The van der Waals surface area contributed by atoms with Crippen LogP contribution in [0.15, 0.2) is 103 Å². The van der Waals surface area contributed by atoms with Crippen LogP contribution in [0.2, 0.25) is 0 Å². The highest BCUT2D eigenvalue weighted by Gasteiger charge is 2.34. The third-order valence-electron chi connectivity index (χ3n) is 6.25. The van der Waals surface area contributed by atoms with Crippen molar-refractivity contribution < 1.29 is 28.7 Å². The molecule has 0 aromatic heterocycles. The van der Waals surface area contributed by atoms with Gasteiger partial charge in [0.1, 0.15) is 23.7 Å². The van der Waals surface area contributed by atoms with Crippen LogP contribution in [0.5, 0.6) is 23.0 Å². The fraction of sp³-hybridized carbons (Fsp3) is 0.0645. The first-order valence-corrected chi connectivity index (χ1v) is 13.0. The van der Waals surface area contributed by atoms with Gasteiger partial charge in [0.25, 0.3) is 17.5 Å². The third kappa shape index (κ3) is 6.11. The molecule has 11 heteroatoms. The molecule has 0 saturated carbocycles. The molecular formula is C31H23N3O7S. The van der Waals surface area contributed by atoms with E-state index in [0.717, 1.165) is 0 Å². The van der Waals surface area contributed by atoms with Gasteiger partial charge in [-0.05, 0) is 78.5 Å². The molecule has 2 amide bonds. The summed E-state index contributed by atoms with van der Waals surface area (Å²) in [6.07, 6.45) is 1.42. The average Bonchev–Trinajstić information content (AvgIpc) is 2.99. The van der Waals surface area contributed by atoms with E-state index in [-0.39, 0.29) is 23.0 Å². The number of carbonyl (C=O) groups excluding carboxylic acids is 2. The average molecular weight is 582 g/mol. The fourth-order valence-corrected chi connectivity index (χ4v) is 4.49. The summed E-state index contributed by atoms with van der Waals surface area (Å²) < 4.78 is 17.0. The number of thiocarbonyl (C=S) groups is 1. The molecule has 0 aliphatic carbocycles. The van der Waals surface area contributed by atoms with Crippen LogP contribution in [0.1, 0.15) is 11.1 Å². The predicted octanol–water partition coefficient (Wildman–Crippen LogP) is 5.81. The van der Waals surface area contributed by atoms with E-state index in [4.69, 9.17) is 26.4 Å². The number of hydrogen-bond acceptors (Lipinski definition) is 8. The lowest BCUT2D eigenvalue weighted by atomic mass is 10.1. The Morgan fingerprint density at radius 1 is 0.905 bits per heavy atom. The van der Waals surface area contributed by atoms with Gasteiger partial charge in [0, 0.05) is 6.07 Å². The highest BCUT2D eigenvalue weighted by atomic mass is 32.1. The molecule has 0 unspecified atom stereocenters. The summed E-state index contributed by atoms with van der Waals surface area (Å²) in [5.41, 5.74) is 1.15. The first kappa shape index (κ1) is 28.0. The smallest absolute Gasteiger partial charge is 0.276 e. The number of rotatable bonds is 9. The zero-order valence-electron chi connectivity index (χ0n) is 22.2. The number of ether oxygens (including phenoxy) is 3. The van der Waals surface area contributed by atoms with Gasteiger partial charge in [0.2, 0.25) is 0 Å². The lowest BCUT2D eigenvalue weighted by Gasteiger charge is -2.29. The van der Waals surface area contributed by atoms with E-state index in [1.54, 1.807) is 60.7 Å². The van der Waals surface area contributed by atoms with Gasteiger partial charge in [0.15, 0.2) is 16.6 Å². The van der Waals surface area contributed by atoms with Crippen molar-refractivity contribution in [2.75, 3.05) is 12.0 Å². The number of nitro groups is 1. The number of nitrogens with zero attached hydrogens (tertiary/aromatic N) is 2. The minimum atomic E-state index is -0.638. The van der Waals surface area contributed by atoms with Crippen LogP contribution in [0, 0.1) is 10.1 Å². The topological polar surface area (TPSA) is 120 Å². The van der Waals surface area contributed by atoms with E-state index < -0.39 is 16.7 Å². The molecule has 210 valence electrons. The Morgan fingerprint density at radius 2 is 1.60 bits per heavy atom. The lowest BCUT2D eigenvalue weighted by Crippen LogP contribution is -2.54. The van der Waals surface area contributed by atoms with Crippen molar-refractivity contribution in [2.24, 2.45) is 0 Å². The lowest BCUT2D eigenvalue weighted by molar-refractivity contribution is -0.385. The van der Waals surface area contributed by atoms with Crippen molar-refractivity contribution in [1.29, 1.82) is 0 Å². The van der Waals surface area contributed by atoms with Crippen LogP contribution in [-0.2, 0) is 16.2 Å². The van der Waals surface area contributed by atoms with Crippen molar-refractivity contribution in [1.82, 2.24) is 5.32 Å². The van der Waals surface area contributed by atoms with E-state index >= 15 is 0 Å². The molecule has 10 nitrogen and oxygen atoms in total. The van der Waals surface area contributed by atoms with E-state index in [1.165, 1.54) is 24.2 Å². The van der Waals surface area contributed by atoms with Gasteiger partial charge in [0.05, 0.1) is 23.3 Å². The Bertz CT molecular complexity index is 1710. The maximum Gasteiger partial charge on any atom is 0.276 e. The quantitative estimate of drug-likeness (QED) is 0.0865. The number of carbonyl (C=O) groups is 2. The summed E-state index contributed by atoms with van der Waals surface area (Å²) in [6.45, 7) is -0.0591. The molecule has 1 heterocycles. The normalized spacial score (nSPS) is 14.0. The van der Waals surface area contributed by atoms with Crippen LogP contribution < -0.4 is 24.4 Å². The predicted molar refractivity (Wildman–Crippen MR) is 160 cm³/mol. The van der Waals surface area contributed by atoms with Crippen LogP contribution in [0.25, 0.3) is 6.08 Å². The SMILES string of the molecule is COc1cc(/C=C2\C(=O)NC(=S)N(c3ccc(Oc4ccccc4)cc3)C2=O)ccc1OCc1ccccc1[N+](=O)[O-]. The van der Waals surface area contributed by atoms with Crippen molar-refractivity contribution >= 4 is 46.6 Å². The van der Waals surface area contributed by atoms with E-state index in [1.807, 2.05) is 30.3 Å². The van der Waals surface area contributed by atoms with Crippen LogP contribution in [-0.4, -0.2) is 29.0 Å².